The number of halogens is 1. The van der Waals surface area contributed by atoms with Gasteiger partial charge in [-0.2, -0.15) is 0 Å². The molecule has 5 nitrogen and oxygen atoms in total. The fourth-order valence-corrected chi connectivity index (χ4v) is 3.40. The average Bonchev–Trinajstić information content (AvgIpc) is 2.82. The molecule has 102 valence electrons. The molecule has 0 aliphatic rings. The molecule has 0 unspecified atom stereocenters. The lowest BCUT2D eigenvalue weighted by molar-refractivity contribution is 0.281. The van der Waals surface area contributed by atoms with Crippen molar-refractivity contribution < 1.29 is 13.5 Å². The van der Waals surface area contributed by atoms with Gasteiger partial charge in [0.2, 0.25) is 0 Å². The third kappa shape index (κ3) is 3.74. The van der Waals surface area contributed by atoms with Gasteiger partial charge in [0.25, 0.3) is 10.0 Å². The van der Waals surface area contributed by atoms with Gasteiger partial charge in [0.1, 0.15) is 0 Å². The van der Waals surface area contributed by atoms with Crippen LogP contribution in [0.1, 0.15) is 10.4 Å². The highest BCUT2D eigenvalue weighted by molar-refractivity contribution is 7.89. The SMILES string of the molecule is O=S(=O)(NCc1ccc(Cl)s1)c1ccc(CO)cn1. The Morgan fingerprint density at radius 3 is 2.63 bits per heavy atom. The predicted molar refractivity (Wildman–Crippen MR) is 73.5 cm³/mol. The number of nitrogens with zero attached hydrogens (tertiary/aromatic N) is 1. The van der Waals surface area contributed by atoms with E-state index in [1.54, 1.807) is 12.1 Å². The number of hydrogen-bond acceptors (Lipinski definition) is 5. The van der Waals surface area contributed by atoms with E-state index in [0.29, 0.717) is 9.90 Å². The minimum Gasteiger partial charge on any atom is -0.392 e. The van der Waals surface area contributed by atoms with Gasteiger partial charge in [-0.15, -0.1) is 11.3 Å². The second-order valence-electron chi connectivity index (χ2n) is 3.69. The molecule has 0 aromatic carbocycles. The molecule has 2 rings (SSSR count). The Kier molecular flexibility index (Phi) is 4.54. The van der Waals surface area contributed by atoms with Crippen LogP contribution < -0.4 is 4.72 Å². The number of nitrogens with one attached hydrogen (secondary N) is 1. The zero-order valence-electron chi connectivity index (χ0n) is 9.71. The third-order valence-electron chi connectivity index (χ3n) is 2.32. The normalized spacial score (nSPS) is 11.7. The Morgan fingerprint density at radius 1 is 1.32 bits per heavy atom. The molecule has 19 heavy (non-hydrogen) atoms. The fourth-order valence-electron chi connectivity index (χ4n) is 1.35. The molecule has 0 aliphatic carbocycles. The van der Waals surface area contributed by atoms with E-state index in [1.807, 2.05) is 0 Å². The predicted octanol–water partition coefficient (Wildman–Crippen LogP) is 1.77. The minimum absolute atomic E-state index is 0.0765. The number of aromatic nitrogens is 1. The van der Waals surface area contributed by atoms with E-state index < -0.39 is 10.0 Å². The van der Waals surface area contributed by atoms with E-state index in [0.717, 1.165) is 4.88 Å². The zero-order valence-corrected chi connectivity index (χ0v) is 12.1. The average molecular weight is 319 g/mol. The molecule has 0 aliphatic heterocycles. The van der Waals surface area contributed by atoms with Gasteiger partial charge in [-0.05, 0) is 23.8 Å². The lowest BCUT2D eigenvalue weighted by atomic mass is 10.3. The number of sulfonamides is 1. The molecule has 0 atom stereocenters. The largest absolute Gasteiger partial charge is 0.392 e. The van der Waals surface area contributed by atoms with Gasteiger partial charge >= 0.3 is 0 Å². The molecule has 0 bridgehead atoms. The Labute approximate surface area is 119 Å². The highest BCUT2D eigenvalue weighted by atomic mass is 35.5. The summed E-state index contributed by atoms with van der Waals surface area (Å²) in [6.45, 7) is -0.00238. The molecule has 2 N–H and O–H groups in total. The van der Waals surface area contributed by atoms with Crippen LogP contribution in [0.5, 0.6) is 0 Å². The summed E-state index contributed by atoms with van der Waals surface area (Å²) in [6, 6.07) is 6.35. The monoisotopic (exact) mass is 318 g/mol. The first kappa shape index (κ1) is 14.4. The summed E-state index contributed by atoms with van der Waals surface area (Å²) in [6.07, 6.45) is 1.33. The van der Waals surface area contributed by atoms with Crippen molar-refractivity contribution in [1.29, 1.82) is 0 Å². The van der Waals surface area contributed by atoms with Crippen LogP contribution in [0.4, 0.5) is 0 Å². The maximum Gasteiger partial charge on any atom is 0.258 e. The van der Waals surface area contributed by atoms with Crippen molar-refractivity contribution in [2.45, 2.75) is 18.2 Å². The third-order valence-corrected chi connectivity index (χ3v) is 4.87. The summed E-state index contributed by atoms with van der Waals surface area (Å²) in [7, 11) is -3.65. The summed E-state index contributed by atoms with van der Waals surface area (Å²) in [5.74, 6) is 0. The molecule has 0 radical (unpaired) electrons. The molecule has 2 aromatic heterocycles. The van der Waals surface area contributed by atoms with Crippen LogP contribution in [-0.2, 0) is 23.2 Å². The van der Waals surface area contributed by atoms with E-state index in [1.165, 1.54) is 29.7 Å². The van der Waals surface area contributed by atoms with Crippen LogP contribution in [0.15, 0.2) is 35.5 Å². The first-order valence-corrected chi connectivity index (χ1v) is 7.99. The van der Waals surface area contributed by atoms with Crippen LogP contribution in [0.3, 0.4) is 0 Å². The van der Waals surface area contributed by atoms with E-state index in [2.05, 4.69) is 9.71 Å². The Morgan fingerprint density at radius 2 is 2.11 bits per heavy atom. The van der Waals surface area contributed by atoms with Gasteiger partial charge in [0.15, 0.2) is 5.03 Å². The first-order valence-electron chi connectivity index (χ1n) is 5.31. The fraction of sp³-hybridized carbons (Fsp3) is 0.182. The van der Waals surface area contributed by atoms with Crippen LogP contribution in [0.25, 0.3) is 0 Å². The van der Waals surface area contributed by atoms with Crippen molar-refractivity contribution in [1.82, 2.24) is 9.71 Å². The van der Waals surface area contributed by atoms with E-state index >= 15 is 0 Å². The van der Waals surface area contributed by atoms with Gasteiger partial charge in [0, 0.05) is 17.6 Å². The quantitative estimate of drug-likeness (QED) is 0.880. The second-order valence-corrected chi connectivity index (χ2v) is 7.21. The van der Waals surface area contributed by atoms with Gasteiger partial charge in [0.05, 0.1) is 10.9 Å². The summed E-state index contributed by atoms with van der Waals surface area (Å²) >= 11 is 7.08. The van der Waals surface area contributed by atoms with Gasteiger partial charge in [-0.25, -0.2) is 18.1 Å². The van der Waals surface area contributed by atoms with E-state index in [9.17, 15) is 8.42 Å². The summed E-state index contributed by atoms with van der Waals surface area (Å²) in [5.41, 5.74) is 0.559. The number of thiophene rings is 1. The molecule has 2 heterocycles. The number of rotatable bonds is 5. The van der Waals surface area contributed by atoms with E-state index in [-0.39, 0.29) is 18.2 Å². The number of pyridine rings is 1. The Hall–Kier alpha value is -0.990. The summed E-state index contributed by atoms with van der Waals surface area (Å²) in [4.78, 5) is 4.63. The molecule has 0 saturated heterocycles. The smallest absolute Gasteiger partial charge is 0.258 e. The molecule has 8 heteroatoms. The minimum atomic E-state index is -3.65. The van der Waals surface area contributed by atoms with Crippen molar-refractivity contribution in [3.05, 3.63) is 45.2 Å². The zero-order chi connectivity index (χ0) is 13.9. The lowest BCUT2D eigenvalue weighted by Gasteiger charge is -2.05. The van der Waals surface area contributed by atoms with Crippen molar-refractivity contribution in [3.63, 3.8) is 0 Å². The molecule has 0 saturated carbocycles. The van der Waals surface area contributed by atoms with Crippen LogP contribution >= 0.6 is 22.9 Å². The number of hydrogen-bond donors (Lipinski definition) is 2. The molecule has 0 amide bonds. The standard InChI is InChI=1S/C11H11ClN2O3S2/c12-10-3-2-9(18-10)6-14-19(16,17)11-4-1-8(7-15)5-13-11/h1-5,14-15H,6-7H2. The maximum atomic E-state index is 11.9. The van der Waals surface area contributed by atoms with Crippen molar-refractivity contribution in [2.24, 2.45) is 0 Å². The molecule has 2 aromatic rings. The van der Waals surface area contributed by atoms with Crippen LogP contribution in [-0.4, -0.2) is 18.5 Å². The van der Waals surface area contributed by atoms with Crippen LogP contribution in [0.2, 0.25) is 4.34 Å². The topological polar surface area (TPSA) is 79.3 Å². The van der Waals surface area contributed by atoms with E-state index in [4.69, 9.17) is 16.7 Å². The highest BCUT2D eigenvalue weighted by Gasteiger charge is 2.15. The van der Waals surface area contributed by atoms with Crippen molar-refractivity contribution in [3.8, 4) is 0 Å². The summed E-state index contributed by atoms with van der Waals surface area (Å²) in [5, 5.41) is 8.79. The maximum absolute atomic E-state index is 11.9. The summed E-state index contributed by atoms with van der Waals surface area (Å²) < 4.78 is 26.9. The highest BCUT2D eigenvalue weighted by Crippen LogP contribution is 2.21. The Balaban J connectivity index is 2.09. The second kappa shape index (κ2) is 5.98. The van der Waals surface area contributed by atoms with Crippen molar-refractivity contribution >= 4 is 33.0 Å². The first-order chi connectivity index (χ1) is 9.01. The molecular formula is C11H11ClN2O3S2. The Bertz CT molecular complexity index is 653. The molecule has 0 spiro atoms. The lowest BCUT2D eigenvalue weighted by Crippen LogP contribution is -2.23. The van der Waals surface area contributed by atoms with Crippen molar-refractivity contribution in [2.75, 3.05) is 0 Å². The van der Waals surface area contributed by atoms with Gasteiger partial charge in [-0.3, -0.25) is 0 Å². The number of aliphatic hydroxyl groups is 1. The van der Waals surface area contributed by atoms with Crippen LogP contribution in [0, 0.1) is 0 Å². The number of aliphatic hydroxyl groups excluding tert-OH is 1. The van der Waals surface area contributed by atoms with Gasteiger partial charge < -0.3 is 5.11 Å². The molecular weight excluding hydrogens is 308 g/mol. The van der Waals surface area contributed by atoms with Gasteiger partial charge in [-0.1, -0.05) is 17.7 Å². The molecule has 0 fully saturated rings.